The Hall–Kier alpha value is -1.09. The third kappa shape index (κ3) is 2.46. The second kappa shape index (κ2) is 3.85. The van der Waals surface area contributed by atoms with Crippen LogP contribution in [0.4, 0.5) is 0 Å². The summed E-state index contributed by atoms with van der Waals surface area (Å²) in [6.07, 6.45) is 2.81. The largest absolute Gasteiger partial charge is 0.281 e. The summed E-state index contributed by atoms with van der Waals surface area (Å²) in [6, 6.07) is 0. The first kappa shape index (κ1) is 8.91. The van der Waals surface area contributed by atoms with E-state index in [1.165, 1.54) is 6.08 Å². The number of nitrogens with zero attached hydrogens (tertiary/aromatic N) is 1. The minimum Gasteiger partial charge on any atom is -0.281 e. The number of hydroxylamine groups is 2. The average Bonchev–Trinajstić information content (AvgIpc) is 1.87. The molecule has 0 spiro atoms. The van der Waals surface area contributed by atoms with E-state index in [1.54, 1.807) is 19.9 Å². The third-order valence-corrected chi connectivity index (χ3v) is 0.880. The molecule has 0 radical (unpaired) electrons. The number of rotatable bonds is 2. The highest BCUT2D eigenvalue weighted by molar-refractivity contribution is 5.87. The molecule has 0 heterocycles. The molecular formula is C7H11NO2. The van der Waals surface area contributed by atoms with Crippen molar-refractivity contribution in [1.29, 1.82) is 0 Å². The Kier molecular flexibility index (Phi) is 3.43. The Labute approximate surface area is 60.2 Å². The standard InChI is InChI=1S/C7H11NO2/c1-4-5-7(9)8(10)6(2)3/h4-5,10H,2H2,1,3H3/b5-4-. The Morgan fingerprint density at radius 2 is 2.20 bits per heavy atom. The lowest BCUT2D eigenvalue weighted by molar-refractivity contribution is -0.150. The monoisotopic (exact) mass is 141 g/mol. The molecule has 0 aliphatic carbocycles. The molecule has 0 saturated heterocycles. The molecule has 0 aromatic rings. The van der Waals surface area contributed by atoms with E-state index in [-0.39, 0.29) is 0 Å². The van der Waals surface area contributed by atoms with Crippen molar-refractivity contribution < 1.29 is 10.0 Å². The summed E-state index contributed by atoms with van der Waals surface area (Å²) in [5, 5.41) is 9.36. The molecule has 0 rings (SSSR count). The molecule has 0 aromatic carbocycles. The Morgan fingerprint density at radius 1 is 1.70 bits per heavy atom. The van der Waals surface area contributed by atoms with Crippen LogP contribution in [0.1, 0.15) is 13.8 Å². The van der Waals surface area contributed by atoms with Crippen molar-refractivity contribution in [2.24, 2.45) is 0 Å². The van der Waals surface area contributed by atoms with Gasteiger partial charge in [-0.1, -0.05) is 12.7 Å². The number of hydrogen-bond donors (Lipinski definition) is 1. The van der Waals surface area contributed by atoms with E-state index in [0.717, 1.165) is 0 Å². The second-order valence-electron chi connectivity index (χ2n) is 1.89. The number of carbonyl (C=O) groups is 1. The molecule has 0 fully saturated rings. The van der Waals surface area contributed by atoms with Gasteiger partial charge in [-0.15, -0.1) is 0 Å². The zero-order chi connectivity index (χ0) is 8.15. The first-order valence-corrected chi connectivity index (χ1v) is 2.90. The van der Waals surface area contributed by atoms with Gasteiger partial charge in [-0.2, -0.15) is 5.06 Å². The van der Waals surface area contributed by atoms with Crippen molar-refractivity contribution in [2.45, 2.75) is 13.8 Å². The van der Waals surface area contributed by atoms with Crippen LogP contribution in [0, 0.1) is 0 Å². The van der Waals surface area contributed by atoms with Gasteiger partial charge in [0.25, 0.3) is 5.91 Å². The third-order valence-electron chi connectivity index (χ3n) is 0.880. The van der Waals surface area contributed by atoms with Gasteiger partial charge in [-0.05, 0) is 13.8 Å². The van der Waals surface area contributed by atoms with Crippen molar-refractivity contribution in [3.8, 4) is 0 Å². The van der Waals surface area contributed by atoms with Crippen molar-refractivity contribution in [3.05, 3.63) is 24.4 Å². The van der Waals surface area contributed by atoms with E-state index in [9.17, 15) is 4.79 Å². The molecule has 0 saturated carbocycles. The van der Waals surface area contributed by atoms with Crippen LogP contribution in [0.25, 0.3) is 0 Å². The summed E-state index contributed by atoms with van der Waals surface area (Å²) in [6.45, 7) is 6.62. The normalized spacial score (nSPS) is 9.90. The van der Waals surface area contributed by atoms with Gasteiger partial charge in [0.1, 0.15) is 0 Å². The van der Waals surface area contributed by atoms with Gasteiger partial charge in [0.2, 0.25) is 0 Å². The molecule has 0 bridgehead atoms. The molecule has 3 nitrogen and oxygen atoms in total. The van der Waals surface area contributed by atoms with Crippen LogP contribution in [-0.2, 0) is 4.79 Å². The Balaban J connectivity index is 4.08. The minimum absolute atomic E-state index is 0.308. The Bertz CT molecular complexity index is 172. The maximum atomic E-state index is 10.7. The Morgan fingerprint density at radius 3 is 2.50 bits per heavy atom. The molecule has 10 heavy (non-hydrogen) atoms. The van der Waals surface area contributed by atoms with Crippen molar-refractivity contribution in [1.82, 2.24) is 5.06 Å². The molecule has 0 unspecified atom stereocenters. The van der Waals surface area contributed by atoms with E-state index in [0.29, 0.717) is 10.8 Å². The molecule has 56 valence electrons. The summed E-state index contributed by atoms with van der Waals surface area (Å²) in [7, 11) is 0. The van der Waals surface area contributed by atoms with E-state index >= 15 is 0 Å². The van der Waals surface area contributed by atoms with Crippen LogP contribution in [0.3, 0.4) is 0 Å². The summed E-state index contributed by atoms with van der Waals surface area (Å²) < 4.78 is 0. The number of hydrogen-bond acceptors (Lipinski definition) is 2. The highest BCUT2D eigenvalue weighted by atomic mass is 16.5. The van der Waals surface area contributed by atoms with Crippen molar-refractivity contribution in [3.63, 3.8) is 0 Å². The smallest absolute Gasteiger partial charge is 0.274 e. The SMILES string of the molecule is C=C(C)N(O)C(=O)/C=C\C. The lowest BCUT2D eigenvalue weighted by Gasteiger charge is -2.10. The van der Waals surface area contributed by atoms with E-state index < -0.39 is 5.91 Å². The molecule has 0 aliphatic heterocycles. The zero-order valence-corrected chi connectivity index (χ0v) is 6.16. The van der Waals surface area contributed by atoms with Gasteiger partial charge in [0, 0.05) is 11.8 Å². The van der Waals surface area contributed by atoms with Gasteiger partial charge in [0.15, 0.2) is 0 Å². The highest BCUT2D eigenvalue weighted by Crippen LogP contribution is 1.96. The van der Waals surface area contributed by atoms with Crippen molar-refractivity contribution >= 4 is 5.91 Å². The highest BCUT2D eigenvalue weighted by Gasteiger charge is 2.05. The predicted octanol–water partition coefficient (Wildman–Crippen LogP) is 1.31. The fourth-order valence-corrected chi connectivity index (χ4v) is 0.401. The van der Waals surface area contributed by atoms with Gasteiger partial charge in [-0.3, -0.25) is 10.0 Å². The molecular weight excluding hydrogens is 130 g/mol. The zero-order valence-electron chi connectivity index (χ0n) is 6.16. The first-order valence-electron chi connectivity index (χ1n) is 2.90. The maximum absolute atomic E-state index is 10.7. The molecule has 1 amide bonds. The van der Waals surface area contributed by atoms with Crippen LogP contribution in [-0.4, -0.2) is 16.2 Å². The van der Waals surface area contributed by atoms with Crippen LogP contribution in [0.15, 0.2) is 24.4 Å². The summed E-state index contributed by atoms with van der Waals surface area (Å²) in [5.41, 5.74) is 0.308. The topological polar surface area (TPSA) is 40.5 Å². The fourth-order valence-electron chi connectivity index (χ4n) is 0.401. The molecule has 3 heteroatoms. The summed E-state index contributed by atoms with van der Waals surface area (Å²) in [4.78, 5) is 10.7. The lowest BCUT2D eigenvalue weighted by atomic mass is 10.4. The fraction of sp³-hybridized carbons (Fsp3) is 0.286. The minimum atomic E-state index is -0.477. The van der Waals surface area contributed by atoms with Crippen molar-refractivity contribution in [2.75, 3.05) is 0 Å². The summed E-state index contributed by atoms with van der Waals surface area (Å²) in [5.74, 6) is -0.477. The predicted molar refractivity (Wildman–Crippen MR) is 38.3 cm³/mol. The van der Waals surface area contributed by atoms with Gasteiger partial charge in [0.05, 0.1) is 0 Å². The summed E-state index contributed by atoms with van der Waals surface area (Å²) >= 11 is 0. The van der Waals surface area contributed by atoms with Gasteiger partial charge < -0.3 is 0 Å². The second-order valence-corrected chi connectivity index (χ2v) is 1.89. The van der Waals surface area contributed by atoms with Crippen LogP contribution >= 0.6 is 0 Å². The molecule has 0 aromatic heterocycles. The molecule has 1 N–H and O–H groups in total. The van der Waals surface area contributed by atoms with Crippen LogP contribution < -0.4 is 0 Å². The molecule has 0 aliphatic rings. The number of allylic oxidation sites excluding steroid dienone is 2. The van der Waals surface area contributed by atoms with E-state index in [4.69, 9.17) is 5.21 Å². The van der Waals surface area contributed by atoms with Crippen LogP contribution in [0.5, 0.6) is 0 Å². The quantitative estimate of drug-likeness (QED) is 0.358. The van der Waals surface area contributed by atoms with Gasteiger partial charge in [-0.25, -0.2) is 0 Å². The van der Waals surface area contributed by atoms with Gasteiger partial charge >= 0.3 is 0 Å². The average molecular weight is 141 g/mol. The van der Waals surface area contributed by atoms with E-state index in [2.05, 4.69) is 6.58 Å². The first-order chi connectivity index (χ1) is 4.59. The lowest BCUT2D eigenvalue weighted by Crippen LogP contribution is -2.22. The number of carbonyl (C=O) groups excluding carboxylic acids is 1. The number of amides is 1. The molecule has 0 atom stereocenters. The van der Waals surface area contributed by atoms with Crippen LogP contribution in [0.2, 0.25) is 0 Å². The maximum Gasteiger partial charge on any atom is 0.274 e. The van der Waals surface area contributed by atoms with E-state index in [1.807, 2.05) is 0 Å².